The quantitative estimate of drug-likeness (QED) is 0.765. The molecule has 1 aliphatic rings. The van der Waals surface area contributed by atoms with Crippen molar-refractivity contribution < 1.29 is 22.7 Å². The molecule has 0 radical (unpaired) electrons. The van der Waals surface area contributed by atoms with E-state index in [0.717, 1.165) is 17.7 Å². The summed E-state index contributed by atoms with van der Waals surface area (Å²) in [5.74, 6) is -0.715. The van der Waals surface area contributed by atoms with Crippen molar-refractivity contribution in [2.75, 3.05) is 6.54 Å². The molecule has 1 aromatic carbocycles. The predicted octanol–water partition coefficient (Wildman–Crippen LogP) is 4.80. The third-order valence-electron chi connectivity index (χ3n) is 4.39. The number of pyridine rings is 1. The SMILES string of the molecule is CC(C)C1CN(Cc2cncc(-c3ccc(F)c(C(F)F)c3)c2)C(=O)O1. The number of amides is 1. The van der Waals surface area contributed by atoms with Gasteiger partial charge in [0.25, 0.3) is 6.43 Å². The van der Waals surface area contributed by atoms with Crippen LogP contribution < -0.4 is 0 Å². The summed E-state index contributed by atoms with van der Waals surface area (Å²) in [5, 5.41) is 0. The van der Waals surface area contributed by atoms with E-state index in [2.05, 4.69) is 4.98 Å². The molecule has 0 saturated carbocycles. The van der Waals surface area contributed by atoms with E-state index >= 15 is 0 Å². The second kappa shape index (κ2) is 7.35. The predicted molar refractivity (Wildman–Crippen MR) is 90.1 cm³/mol. The maximum Gasteiger partial charge on any atom is 0.410 e. The minimum Gasteiger partial charge on any atom is -0.444 e. The highest BCUT2D eigenvalue weighted by atomic mass is 19.3. The van der Waals surface area contributed by atoms with Gasteiger partial charge in [-0.25, -0.2) is 18.0 Å². The average Bonchev–Trinajstić information content (AvgIpc) is 2.96. The Balaban J connectivity index is 1.81. The molecule has 138 valence electrons. The molecule has 1 saturated heterocycles. The molecular weight excluding hydrogens is 345 g/mol. The first-order valence-corrected chi connectivity index (χ1v) is 8.32. The van der Waals surface area contributed by atoms with Crippen molar-refractivity contribution >= 4 is 6.09 Å². The van der Waals surface area contributed by atoms with Gasteiger partial charge in [0.2, 0.25) is 0 Å². The van der Waals surface area contributed by atoms with E-state index in [1.54, 1.807) is 17.2 Å². The van der Waals surface area contributed by atoms with Crippen LogP contribution in [0.25, 0.3) is 11.1 Å². The standard InChI is InChI=1S/C19H19F3N2O2/c1-11(2)17-10-24(19(25)26-17)9-12-5-14(8-23-7-12)13-3-4-16(20)15(6-13)18(21)22/h3-8,11,17-18H,9-10H2,1-2H3. The van der Waals surface area contributed by atoms with Gasteiger partial charge in [0.05, 0.1) is 18.7 Å². The lowest BCUT2D eigenvalue weighted by Crippen LogP contribution is -2.26. The van der Waals surface area contributed by atoms with Crippen LogP contribution in [0.4, 0.5) is 18.0 Å². The smallest absolute Gasteiger partial charge is 0.410 e. The molecule has 7 heteroatoms. The highest BCUT2D eigenvalue weighted by Crippen LogP contribution is 2.28. The molecule has 0 bridgehead atoms. The van der Waals surface area contributed by atoms with Crippen molar-refractivity contribution in [3.05, 3.63) is 53.6 Å². The molecule has 26 heavy (non-hydrogen) atoms. The Morgan fingerprint density at radius 1 is 1.23 bits per heavy atom. The lowest BCUT2D eigenvalue weighted by Gasteiger charge is -2.14. The van der Waals surface area contributed by atoms with Crippen molar-refractivity contribution in [3.63, 3.8) is 0 Å². The van der Waals surface area contributed by atoms with E-state index in [4.69, 9.17) is 4.74 Å². The summed E-state index contributed by atoms with van der Waals surface area (Å²) in [6.45, 7) is 4.77. The largest absolute Gasteiger partial charge is 0.444 e. The highest BCUT2D eigenvalue weighted by Gasteiger charge is 2.33. The summed E-state index contributed by atoms with van der Waals surface area (Å²) in [5.41, 5.74) is 1.13. The topological polar surface area (TPSA) is 42.4 Å². The van der Waals surface area contributed by atoms with Crippen LogP contribution in [0.3, 0.4) is 0 Å². The van der Waals surface area contributed by atoms with Crippen molar-refractivity contribution in [2.24, 2.45) is 5.92 Å². The highest BCUT2D eigenvalue weighted by molar-refractivity contribution is 5.70. The van der Waals surface area contributed by atoms with Crippen LogP contribution >= 0.6 is 0 Å². The summed E-state index contributed by atoms with van der Waals surface area (Å²) in [4.78, 5) is 17.7. The van der Waals surface area contributed by atoms with E-state index in [0.29, 0.717) is 24.2 Å². The number of carbonyl (C=O) groups excluding carboxylic acids is 1. The van der Waals surface area contributed by atoms with Gasteiger partial charge in [-0.1, -0.05) is 19.9 Å². The normalized spacial score (nSPS) is 17.3. The molecule has 1 fully saturated rings. The molecule has 3 rings (SSSR count). The van der Waals surface area contributed by atoms with Gasteiger partial charge in [-0.05, 0) is 35.2 Å². The van der Waals surface area contributed by atoms with Crippen LogP contribution in [-0.2, 0) is 11.3 Å². The Morgan fingerprint density at radius 3 is 2.65 bits per heavy atom. The Hall–Kier alpha value is -2.57. The second-order valence-corrected chi connectivity index (χ2v) is 6.67. The lowest BCUT2D eigenvalue weighted by molar-refractivity contribution is 0.112. The zero-order valence-corrected chi connectivity index (χ0v) is 14.5. The molecule has 4 nitrogen and oxygen atoms in total. The van der Waals surface area contributed by atoms with Crippen LogP contribution in [0.2, 0.25) is 0 Å². The minimum atomic E-state index is -2.89. The Bertz CT molecular complexity index is 811. The number of hydrogen-bond donors (Lipinski definition) is 0. The third-order valence-corrected chi connectivity index (χ3v) is 4.39. The number of hydrogen-bond acceptors (Lipinski definition) is 3. The van der Waals surface area contributed by atoms with Crippen LogP contribution in [0.15, 0.2) is 36.7 Å². The number of aromatic nitrogens is 1. The first kappa shape index (κ1) is 18.2. The summed E-state index contributed by atoms with van der Waals surface area (Å²) in [7, 11) is 0. The van der Waals surface area contributed by atoms with Crippen LogP contribution in [-0.4, -0.2) is 28.6 Å². The van der Waals surface area contributed by atoms with E-state index < -0.39 is 17.8 Å². The van der Waals surface area contributed by atoms with Crippen molar-refractivity contribution in [3.8, 4) is 11.1 Å². The van der Waals surface area contributed by atoms with Gasteiger partial charge in [0.15, 0.2) is 0 Å². The van der Waals surface area contributed by atoms with Gasteiger partial charge in [0, 0.05) is 18.0 Å². The van der Waals surface area contributed by atoms with E-state index in [1.165, 1.54) is 12.3 Å². The van der Waals surface area contributed by atoms with E-state index in [1.807, 2.05) is 13.8 Å². The molecule has 2 aromatic rings. The monoisotopic (exact) mass is 364 g/mol. The fourth-order valence-electron chi connectivity index (χ4n) is 2.85. The van der Waals surface area contributed by atoms with E-state index in [-0.39, 0.29) is 18.1 Å². The molecule has 1 amide bonds. The van der Waals surface area contributed by atoms with Crippen molar-refractivity contribution in [2.45, 2.75) is 32.9 Å². The first-order valence-electron chi connectivity index (χ1n) is 8.32. The number of halogens is 3. The zero-order chi connectivity index (χ0) is 18.8. The van der Waals surface area contributed by atoms with E-state index in [9.17, 15) is 18.0 Å². The Kier molecular flexibility index (Phi) is 5.15. The molecule has 0 aliphatic carbocycles. The fraction of sp³-hybridized carbons (Fsp3) is 0.368. The summed E-state index contributed by atoms with van der Waals surface area (Å²) in [6.07, 6.45) is -0.291. The summed E-state index contributed by atoms with van der Waals surface area (Å²) < 4.78 is 44.6. The summed E-state index contributed by atoms with van der Waals surface area (Å²) >= 11 is 0. The number of rotatable bonds is 5. The number of cyclic esters (lactones) is 1. The van der Waals surface area contributed by atoms with Gasteiger partial charge in [0.1, 0.15) is 11.9 Å². The number of benzene rings is 1. The molecular formula is C19H19F3N2O2. The lowest BCUT2D eigenvalue weighted by atomic mass is 10.0. The summed E-state index contributed by atoms with van der Waals surface area (Å²) in [6, 6.07) is 5.33. The number of carbonyl (C=O) groups is 1. The van der Waals surface area contributed by atoms with Crippen LogP contribution in [0, 0.1) is 11.7 Å². The molecule has 1 aromatic heterocycles. The van der Waals surface area contributed by atoms with Crippen LogP contribution in [0.5, 0.6) is 0 Å². The molecule has 0 N–H and O–H groups in total. The molecule has 2 heterocycles. The average molecular weight is 364 g/mol. The number of alkyl halides is 2. The first-order chi connectivity index (χ1) is 12.3. The third kappa shape index (κ3) is 3.81. The Labute approximate surface area is 149 Å². The minimum absolute atomic E-state index is 0.149. The maximum atomic E-state index is 13.5. The fourth-order valence-corrected chi connectivity index (χ4v) is 2.85. The second-order valence-electron chi connectivity index (χ2n) is 6.67. The molecule has 1 atom stereocenters. The number of nitrogens with zero attached hydrogens (tertiary/aromatic N) is 2. The maximum absolute atomic E-state index is 13.5. The van der Waals surface area contributed by atoms with Gasteiger partial charge < -0.3 is 9.64 Å². The van der Waals surface area contributed by atoms with Gasteiger partial charge in [-0.2, -0.15) is 0 Å². The molecule has 1 aliphatic heterocycles. The van der Waals surface area contributed by atoms with Crippen LogP contribution in [0.1, 0.15) is 31.4 Å². The van der Waals surface area contributed by atoms with Crippen molar-refractivity contribution in [1.82, 2.24) is 9.88 Å². The van der Waals surface area contributed by atoms with Gasteiger partial charge >= 0.3 is 6.09 Å². The molecule has 0 spiro atoms. The Morgan fingerprint density at radius 2 is 2.00 bits per heavy atom. The van der Waals surface area contributed by atoms with Crippen molar-refractivity contribution in [1.29, 1.82) is 0 Å². The number of ether oxygens (including phenoxy) is 1. The van der Waals surface area contributed by atoms with Gasteiger partial charge in [-0.15, -0.1) is 0 Å². The van der Waals surface area contributed by atoms with Gasteiger partial charge in [-0.3, -0.25) is 4.98 Å². The molecule has 1 unspecified atom stereocenters. The zero-order valence-electron chi connectivity index (χ0n) is 14.5.